The Morgan fingerprint density at radius 1 is 1.53 bits per heavy atom. The van der Waals surface area contributed by atoms with E-state index >= 15 is 0 Å². The lowest BCUT2D eigenvalue weighted by molar-refractivity contribution is -0.120. The summed E-state index contributed by atoms with van der Waals surface area (Å²) in [4.78, 5) is 15.4. The van der Waals surface area contributed by atoms with E-state index in [1.54, 1.807) is 12.3 Å². The summed E-state index contributed by atoms with van der Waals surface area (Å²) >= 11 is 9.25. The summed E-state index contributed by atoms with van der Waals surface area (Å²) in [5, 5.41) is 6.36. The molecule has 1 aromatic rings. The van der Waals surface area contributed by atoms with E-state index in [-0.39, 0.29) is 5.91 Å². The van der Waals surface area contributed by atoms with Crippen molar-refractivity contribution in [2.45, 2.75) is 19.8 Å². The van der Waals surface area contributed by atoms with Crippen molar-refractivity contribution in [3.8, 4) is 0 Å². The lowest BCUT2D eigenvalue weighted by atomic mass is 10.3. The number of nitrogens with one attached hydrogen (secondary N) is 2. The smallest absolute Gasteiger partial charge is 0.221 e. The Labute approximate surface area is 114 Å². The van der Waals surface area contributed by atoms with Crippen LogP contribution in [-0.4, -0.2) is 24.0 Å². The lowest BCUT2D eigenvalue weighted by Gasteiger charge is -2.07. The number of anilines is 1. The minimum Gasteiger partial charge on any atom is -0.368 e. The molecule has 0 atom stereocenters. The van der Waals surface area contributed by atoms with Crippen LogP contribution in [-0.2, 0) is 4.79 Å². The molecular weight excluding hydrogens is 305 g/mol. The van der Waals surface area contributed by atoms with Crippen LogP contribution in [0.15, 0.2) is 16.7 Å². The second-order valence-corrected chi connectivity index (χ2v) is 4.83. The third kappa shape index (κ3) is 5.37. The van der Waals surface area contributed by atoms with Crippen molar-refractivity contribution in [2.24, 2.45) is 0 Å². The molecule has 0 radical (unpaired) electrons. The van der Waals surface area contributed by atoms with E-state index < -0.39 is 0 Å². The Hall–Kier alpha value is -0.810. The van der Waals surface area contributed by atoms with Gasteiger partial charge in [0, 0.05) is 30.2 Å². The normalized spacial score (nSPS) is 10.1. The van der Waals surface area contributed by atoms with E-state index in [9.17, 15) is 4.79 Å². The molecule has 17 heavy (non-hydrogen) atoms. The number of rotatable bonds is 6. The first-order chi connectivity index (χ1) is 8.13. The van der Waals surface area contributed by atoms with Crippen LogP contribution in [0.5, 0.6) is 0 Å². The molecule has 1 amide bonds. The highest BCUT2D eigenvalue weighted by atomic mass is 79.9. The van der Waals surface area contributed by atoms with Gasteiger partial charge in [0.05, 0.1) is 5.02 Å². The summed E-state index contributed by atoms with van der Waals surface area (Å²) in [5.41, 5.74) is 0. The highest BCUT2D eigenvalue weighted by Crippen LogP contribution is 2.22. The predicted molar refractivity (Wildman–Crippen MR) is 73.4 cm³/mol. The maximum absolute atomic E-state index is 11.3. The number of carbonyl (C=O) groups is 1. The largest absolute Gasteiger partial charge is 0.368 e. The Balaban J connectivity index is 2.33. The third-order valence-electron chi connectivity index (χ3n) is 2.02. The van der Waals surface area contributed by atoms with Gasteiger partial charge in [0.1, 0.15) is 5.82 Å². The molecule has 0 aliphatic carbocycles. The van der Waals surface area contributed by atoms with Crippen molar-refractivity contribution < 1.29 is 4.79 Å². The molecule has 0 saturated heterocycles. The summed E-state index contributed by atoms with van der Waals surface area (Å²) < 4.78 is 0.828. The van der Waals surface area contributed by atoms with Crippen LogP contribution in [0.3, 0.4) is 0 Å². The Bertz CT molecular complexity index is 387. The van der Waals surface area contributed by atoms with Crippen molar-refractivity contribution in [3.63, 3.8) is 0 Å². The summed E-state index contributed by atoms with van der Waals surface area (Å²) in [7, 11) is 0. The standard InChI is InChI=1S/C11H15BrClN3O/c1-2-4-14-10(17)3-5-15-11-9(13)6-8(12)7-16-11/h6-7H,2-5H2,1H3,(H,14,17)(H,15,16). The number of hydrogen-bond donors (Lipinski definition) is 2. The molecule has 94 valence electrons. The predicted octanol–water partition coefficient (Wildman–Crippen LogP) is 2.83. The van der Waals surface area contributed by atoms with Gasteiger partial charge in [0.15, 0.2) is 0 Å². The van der Waals surface area contributed by atoms with E-state index in [1.165, 1.54) is 0 Å². The first-order valence-electron chi connectivity index (χ1n) is 5.45. The summed E-state index contributed by atoms with van der Waals surface area (Å²) in [6.07, 6.45) is 3.01. The van der Waals surface area contributed by atoms with Gasteiger partial charge in [0.25, 0.3) is 0 Å². The summed E-state index contributed by atoms with van der Waals surface area (Å²) in [6, 6.07) is 1.76. The third-order valence-corrected chi connectivity index (χ3v) is 2.75. The number of amides is 1. The van der Waals surface area contributed by atoms with Crippen molar-refractivity contribution in [1.29, 1.82) is 0 Å². The average molecular weight is 321 g/mol. The highest BCUT2D eigenvalue weighted by Gasteiger charge is 2.03. The van der Waals surface area contributed by atoms with Crippen LogP contribution >= 0.6 is 27.5 Å². The topological polar surface area (TPSA) is 54.0 Å². The number of hydrogen-bond acceptors (Lipinski definition) is 3. The van der Waals surface area contributed by atoms with Gasteiger partial charge in [-0.15, -0.1) is 0 Å². The van der Waals surface area contributed by atoms with Gasteiger partial charge < -0.3 is 10.6 Å². The van der Waals surface area contributed by atoms with Gasteiger partial charge in [-0.05, 0) is 28.4 Å². The molecule has 0 aromatic carbocycles. The number of pyridine rings is 1. The van der Waals surface area contributed by atoms with Crippen LogP contribution in [0, 0.1) is 0 Å². The van der Waals surface area contributed by atoms with E-state index in [1.807, 2.05) is 6.92 Å². The minimum absolute atomic E-state index is 0.0348. The molecule has 0 unspecified atom stereocenters. The van der Waals surface area contributed by atoms with Gasteiger partial charge in [0.2, 0.25) is 5.91 Å². The molecular formula is C11H15BrClN3O. The van der Waals surface area contributed by atoms with Crippen LogP contribution < -0.4 is 10.6 Å². The fraction of sp³-hybridized carbons (Fsp3) is 0.455. The molecule has 0 bridgehead atoms. The summed E-state index contributed by atoms with van der Waals surface area (Å²) in [6.45, 7) is 3.25. The second kappa shape index (κ2) is 7.50. The van der Waals surface area contributed by atoms with Crippen molar-refractivity contribution >= 4 is 39.3 Å². The Kier molecular flexibility index (Phi) is 6.29. The van der Waals surface area contributed by atoms with E-state index in [2.05, 4.69) is 31.5 Å². The van der Waals surface area contributed by atoms with E-state index in [4.69, 9.17) is 11.6 Å². The fourth-order valence-electron chi connectivity index (χ4n) is 1.19. The lowest BCUT2D eigenvalue weighted by Crippen LogP contribution is -2.26. The molecule has 0 saturated carbocycles. The summed E-state index contributed by atoms with van der Waals surface area (Å²) in [5.74, 6) is 0.630. The first-order valence-corrected chi connectivity index (χ1v) is 6.62. The van der Waals surface area contributed by atoms with E-state index in [0.29, 0.717) is 23.8 Å². The van der Waals surface area contributed by atoms with Crippen LogP contribution in [0.2, 0.25) is 5.02 Å². The molecule has 0 aliphatic heterocycles. The molecule has 0 aliphatic rings. The van der Waals surface area contributed by atoms with Crippen molar-refractivity contribution in [3.05, 3.63) is 21.8 Å². The van der Waals surface area contributed by atoms with Crippen molar-refractivity contribution in [1.82, 2.24) is 10.3 Å². The minimum atomic E-state index is 0.0348. The van der Waals surface area contributed by atoms with Gasteiger partial charge in [-0.1, -0.05) is 18.5 Å². The quantitative estimate of drug-likeness (QED) is 0.847. The number of carbonyl (C=O) groups excluding carboxylic acids is 1. The number of aromatic nitrogens is 1. The van der Waals surface area contributed by atoms with Crippen molar-refractivity contribution in [2.75, 3.05) is 18.4 Å². The maximum atomic E-state index is 11.3. The van der Waals surface area contributed by atoms with Gasteiger partial charge >= 0.3 is 0 Å². The molecule has 1 aromatic heterocycles. The molecule has 1 rings (SSSR count). The Morgan fingerprint density at radius 2 is 2.29 bits per heavy atom. The zero-order chi connectivity index (χ0) is 12.7. The number of nitrogens with zero attached hydrogens (tertiary/aromatic N) is 1. The van der Waals surface area contributed by atoms with Crippen LogP contribution in [0.1, 0.15) is 19.8 Å². The van der Waals surface area contributed by atoms with Crippen LogP contribution in [0.4, 0.5) is 5.82 Å². The van der Waals surface area contributed by atoms with E-state index in [0.717, 1.165) is 17.4 Å². The zero-order valence-corrected chi connectivity index (χ0v) is 11.9. The van der Waals surface area contributed by atoms with Gasteiger partial charge in [-0.25, -0.2) is 4.98 Å². The molecule has 0 spiro atoms. The zero-order valence-electron chi connectivity index (χ0n) is 9.59. The van der Waals surface area contributed by atoms with Gasteiger partial charge in [-0.2, -0.15) is 0 Å². The second-order valence-electron chi connectivity index (χ2n) is 3.51. The molecule has 6 heteroatoms. The molecule has 2 N–H and O–H groups in total. The fourth-order valence-corrected chi connectivity index (χ4v) is 1.89. The van der Waals surface area contributed by atoms with Gasteiger partial charge in [-0.3, -0.25) is 4.79 Å². The maximum Gasteiger partial charge on any atom is 0.221 e. The average Bonchev–Trinajstić information content (AvgIpc) is 2.29. The molecule has 1 heterocycles. The molecule has 4 nitrogen and oxygen atoms in total. The SMILES string of the molecule is CCCNC(=O)CCNc1ncc(Br)cc1Cl. The highest BCUT2D eigenvalue weighted by molar-refractivity contribution is 9.10. The van der Waals surface area contributed by atoms with Crippen LogP contribution in [0.25, 0.3) is 0 Å². The number of halogens is 2. The monoisotopic (exact) mass is 319 g/mol. The molecule has 0 fully saturated rings. The first kappa shape index (κ1) is 14.3. The Morgan fingerprint density at radius 3 is 2.94 bits per heavy atom.